The van der Waals surface area contributed by atoms with Crippen LogP contribution in [0.5, 0.6) is 5.75 Å². The molecular weight excluding hydrogens is 432 g/mol. The Labute approximate surface area is 186 Å². The normalized spacial score (nSPS) is 15.2. The molecule has 11 heteroatoms. The summed E-state index contributed by atoms with van der Waals surface area (Å²) in [5, 5.41) is 4.61. The average molecular weight is 461 g/mol. The monoisotopic (exact) mass is 460 g/mol. The minimum absolute atomic E-state index is 0.0869. The first-order valence-electron chi connectivity index (χ1n) is 10.7. The fourth-order valence-electron chi connectivity index (χ4n) is 3.95. The number of hydrogen-bond acceptors (Lipinski definition) is 7. The number of nitrogens with zero attached hydrogens (tertiary/aromatic N) is 4. The lowest BCUT2D eigenvalue weighted by Crippen LogP contribution is -2.57. The molecule has 1 aliphatic rings. The maximum Gasteiger partial charge on any atom is 0.277 e. The van der Waals surface area contributed by atoms with Crippen LogP contribution in [0.2, 0.25) is 0 Å². The Morgan fingerprint density at radius 3 is 2.69 bits per heavy atom. The van der Waals surface area contributed by atoms with E-state index in [0.717, 1.165) is 6.42 Å². The Bertz CT molecular complexity index is 1310. The third kappa shape index (κ3) is 4.15. The van der Waals surface area contributed by atoms with Gasteiger partial charge >= 0.3 is 0 Å². The average Bonchev–Trinajstić information content (AvgIpc) is 3.03. The predicted molar refractivity (Wildman–Crippen MR) is 121 cm³/mol. The van der Waals surface area contributed by atoms with E-state index in [4.69, 9.17) is 4.74 Å². The molecule has 32 heavy (non-hydrogen) atoms. The smallest absolute Gasteiger partial charge is 0.277 e. The van der Waals surface area contributed by atoms with Crippen LogP contribution in [0.3, 0.4) is 0 Å². The molecule has 3 heterocycles. The molecule has 0 atom stereocenters. The van der Waals surface area contributed by atoms with Gasteiger partial charge in [0.25, 0.3) is 5.56 Å². The summed E-state index contributed by atoms with van der Waals surface area (Å²) in [5.41, 5.74) is 1.04. The molecule has 10 nitrogen and oxygen atoms in total. The Balaban J connectivity index is 1.83. The molecule has 2 N–H and O–H groups in total. The number of hydrogen-bond donors (Lipinski definition) is 2. The van der Waals surface area contributed by atoms with Crippen molar-refractivity contribution in [1.82, 2.24) is 29.2 Å². The van der Waals surface area contributed by atoms with Crippen molar-refractivity contribution in [3.8, 4) is 17.1 Å². The highest BCUT2D eigenvalue weighted by Gasteiger charge is 2.29. The third-order valence-corrected chi connectivity index (χ3v) is 6.94. The Hall–Kier alpha value is -2.76. The van der Waals surface area contributed by atoms with Crippen LogP contribution in [-0.4, -0.2) is 65.7 Å². The van der Waals surface area contributed by atoms with Crippen LogP contribution in [0, 0.1) is 6.92 Å². The van der Waals surface area contributed by atoms with Crippen molar-refractivity contribution in [2.24, 2.45) is 0 Å². The molecule has 172 valence electrons. The van der Waals surface area contributed by atoms with Gasteiger partial charge in [0, 0.05) is 25.6 Å². The Kier molecular flexibility index (Phi) is 6.06. The van der Waals surface area contributed by atoms with E-state index in [1.165, 1.54) is 12.1 Å². The number of H-pyrrole nitrogens is 1. The molecule has 0 bridgehead atoms. The summed E-state index contributed by atoms with van der Waals surface area (Å²) in [6.45, 7) is 7.33. The van der Waals surface area contributed by atoms with Crippen LogP contribution < -0.4 is 15.0 Å². The number of nitrogens with one attached hydrogen (secondary N) is 2. The topological polar surface area (TPSA) is 122 Å². The largest absolute Gasteiger partial charge is 0.493 e. The summed E-state index contributed by atoms with van der Waals surface area (Å²) in [6, 6.07) is 4.46. The van der Waals surface area contributed by atoms with Crippen LogP contribution in [0.1, 0.15) is 31.8 Å². The number of imidazole rings is 1. The van der Waals surface area contributed by atoms with E-state index < -0.39 is 10.0 Å². The number of aromatic nitrogens is 4. The molecule has 0 radical (unpaired) electrons. The fraction of sp³-hybridized carbons (Fsp3) is 0.476. The number of benzene rings is 1. The van der Waals surface area contributed by atoms with Crippen molar-refractivity contribution in [1.29, 1.82) is 0 Å². The number of likely N-dealkylation sites (N-methyl/N-ethyl adjacent to an activating group) is 1. The van der Waals surface area contributed by atoms with E-state index in [2.05, 4.69) is 19.8 Å². The molecule has 0 unspecified atom stereocenters. The molecule has 1 saturated heterocycles. The van der Waals surface area contributed by atoms with Gasteiger partial charge in [-0.25, -0.2) is 22.6 Å². The summed E-state index contributed by atoms with van der Waals surface area (Å²) in [7, 11) is -1.81. The van der Waals surface area contributed by atoms with E-state index in [9.17, 15) is 13.2 Å². The molecule has 0 saturated carbocycles. The predicted octanol–water partition coefficient (Wildman–Crippen LogP) is 1.34. The summed E-state index contributed by atoms with van der Waals surface area (Å²) >= 11 is 0. The maximum absolute atomic E-state index is 12.9. The first-order valence-corrected chi connectivity index (χ1v) is 12.2. The van der Waals surface area contributed by atoms with Crippen LogP contribution in [0.25, 0.3) is 16.9 Å². The molecule has 0 spiro atoms. The lowest BCUT2D eigenvalue weighted by atomic mass is 10.2. The third-order valence-electron chi connectivity index (χ3n) is 5.42. The lowest BCUT2D eigenvalue weighted by Gasteiger charge is -2.36. The molecule has 3 aromatic rings. The van der Waals surface area contributed by atoms with Crippen LogP contribution in [-0.2, 0) is 16.4 Å². The molecule has 1 aliphatic heterocycles. The summed E-state index contributed by atoms with van der Waals surface area (Å²) in [4.78, 5) is 22.2. The molecular formula is C21H28N6O4S. The van der Waals surface area contributed by atoms with Crippen molar-refractivity contribution in [3.05, 3.63) is 40.1 Å². The van der Waals surface area contributed by atoms with Gasteiger partial charge in [-0.2, -0.15) is 0 Å². The number of likely N-dealkylation sites (tertiary alicyclic amines) is 1. The second kappa shape index (κ2) is 8.64. The van der Waals surface area contributed by atoms with Gasteiger partial charge in [0.2, 0.25) is 10.0 Å². The highest BCUT2D eigenvalue weighted by molar-refractivity contribution is 7.89. The zero-order chi connectivity index (χ0) is 23.0. The highest BCUT2D eigenvalue weighted by atomic mass is 32.2. The number of aromatic amines is 1. The zero-order valence-corrected chi connectivity index (χ0v) is 19.5. The molecule has 1 fully saturated rings. The molecule has 4 rings (SSSR count). The van der Waals surface area contributed by atoms with Crippen molar-refractivity contribution in [2.45, 2.75) is 44.6 Å². The second-order valence-corrected chi connectivity index (χ2v) is 9.77. The van der Waals surface area contributed by atoms with E-state index in [-0.39, 0.29) is 22.3 Å². The van der Waals surface area contributed by atoms with Gasteiger partial charge in [-0.3, -0.25) is 4.79 Å². The number of sulfonamides is 1. The zero-order valence-electron chi connectivity index (χ0n) is 18.7. The minimum atomic E-state index is -3.74. The summed E-state index contributed by atoms with van der Waals surface area (Å²) < 4.78 is 35.9. The maximum atomic E-state index is 12.9. The van der Waals surface area contributed by atoms with Gasteiger partial charge in [-0.05, 0) is 45.5 Å². The van der Waals surface area contributed by atoms with Crippen molar-refractivity contribution >= 4 is 15.5 Å². The van der Waals surface area contributed by atoms with Gasteiger partial charge < -0.3 is 14.6 Å². The number of aryl methyl sites for hydroxylation is 2. The van der Waals surface area contributed by atoms with E-state index in [0.29, 0.717) is 54.5 Å². The molecule has 0 aliphatic carbocycles. The SMILES string of the molecule is CCCc1nc(C)c2c(=O)[nH]c(-c3cc(S(=O)(=O)NC4CN(C)C4)ccc3OCC)nn12. The van der Waals surface area contributed by atoms with Crippen molar-refractivity contribution in [2.75, 3.05) is 26.7 Å². The van der Waals surface area contributed by atoms with Crippen LogP contribution >= 0.6 is 0 Å². The van der Waals surface area contributed by atoms with Crippen LogP contribution in [0.15, 0.2) is 27.9 Å². The number of ether oxygens (including phenoxy) is 1. The summed E-state index contributed by atoms with van der Waals surface area (Å²) in [6.07, 6.45) is 1.51. The molecule has 2 aromatic heterocycles. The van der Waals surface area contributed by atoms with Crippen molar-refractivity contribution < 1.29 is 13.2 Å². The fourth-order valence-corrected chi connectivity index (χ4v) is 5.19. The van der Waals surface area contributed by atoms with Crippen LogP contribution in [0.4, 0.5) is 0 Å². The quantitative estimate of drug-likeness (QED) is 0.520. The van der Waals surface area contributed by atoms with Gasteiger partial charge in [0.05, 0.1) is 22.8 Å². The van der Waals surface area contributed by atoms with Gasteiger partial charge in [0.1, 0.15) is 11.6 Å². The summed E-state index contributed by atoms with van der Waals surface area (Å²) in [5.74, 6) is 1.34. The van der Waals surface area contributed by atoms with E-state index in [1.54, 1.807) is 17.5 Å². The minimum Gasteiger partial charge on any atom is -0.493 e. The van der Waals surface area contributed by atoms with E-state index in [1.807, 2.05) is 25.8 Å². The highest BCUT2D eigenvalue weighted by Crippen LogP contribution is 2.30. The van der Waals surface area contributed by atoms with Crippen molar-refractivity contribution in [3.63, 3.8) is 0 Å². The van der Waals surface area contributed by atoms with Gasteiger partial charge in [0.15, 0.2) is 11.3 Å². The first kappa shape index (κ1) is 22.4. The molecule has 0 amide bonds. The first-order chi connectivity index (χ1) is 15.2. The Morgan fingerprint density at radius 1 is 1.28 bits per heavy atom. The van der Waals surface area contributed by atoms with E-state index >= 15 is 0 Å². The standard InChI is InChI=1S/C21H28N6O4S/c1-5-7-18-22-13(3)19-21(28)23-20(24-27(18)19)16-10-15(8-9-17(16)31-6-2)32(29,30)25-14-11-26(4)12-14/h8-10,14,25H,5-7,11-12H2,1-4H3,(H,23,24,28). The van der Waals surface area contributed by atoms with Gasteiger partial charge in [-0.15, -0.1) is 5.10 Å². The Morgan fingerprint density at radius 2 is 2.03 bits per heavy atom. The van der Waals surface area contributed by atoms with Gasteiger partial charge in [-0.1, -0.05) is 6.92 Å². The number of fused-ring (bicyclic) bond motifs is 1. The lowest BCUT2D eigenvalue weighted by molar-refractivity contribution is 0.180. The molecule has 1 aromatic carbocycles. The number of rotatable bonds is 8. The second-order valence-electron chi connectivity index (χ2n) is 8.06.